The van der Waals surface area contributed by atoms with Crippen LogP contribution in [0.5, 0.6) is 5.88 Å². The molecule has 0 radical (unpaired) electrons. The van der Waals surface area contributed by atoms with Gasteiger partial charge in [0.05, 0.1) is 7.11 Å². The summed E-state index contributed by atoms with van der Waals surface area (Å²) in [5, 5.41) is 6.37. The molecular formula is C11H13N3OS. The standard InChI is InChI=1S/C11H13N3OS/c1-15-11-9(3-2-4-14-11)7-12-8-10-13-5-6-16-10/h2-6,12H,7-8H2,1H3. The van der Waals surface area contributed by atoms with Crippen LogP contribution in [0.3, 0.4) is 0 Å². The van der Waals surface area contributed by atoms with Crippen molar-refractivity contribution < 1.29 is 4.74 Å². The highest BCUT2D eigenvalue weighted by Crippen LogP contribution is 2.13. The fourth-order valence-corrected chi connectivity index (χ4v) is 1.97. The second-order valence-electron chi connectivity index (χ2n) is 3.20. The first-order valence-corrected chi connectivity index (χ1v) is 5.85. The second kappa shape index (κ2) is 5.58. The summed E-state index contributed by atoms with van der Waals surface area (Å²) in [6.45, 7) is 1.51. The number of pyridine rings is 1. The summed E-state index contributed by atoms with van der Waals surface area (Å²) >= 11 is 1.65. The van der Waals surface area contributed by atoms with Crippen LogP contribution in [-0.2, 0) is 13.1 Å². The summed E-state index contributed by atoms with van der Waals surface area (Å²) in [6, 6.07) is 3.91. The molecule has 5 heteroatoms. The topological polar surface area (TPSA) is 47.0 Å². The van der Waals surface area contributed by atoms with E-state index in [4.69, 9.17) is 4.74 Å². The van der Waals surface area contributed by atoms with Gasteiger partial charge >= 0.3 is 0 Å². The van der Waals surface area contributed by atoms with Gasteiger partial charge in [-0.1, -0.05) is 6.07 Å². The highest BCUT2D eigenvalue weighted by Gasteiger charge is 2.02. The first-order chi connectivity index (χ1) is 7.90. The van der Waals surface area contributed by atoms with E-state index in [-0.39, 0.29) is 0 Å². The SMILES string of the molecule is COc1ncccc1CNCc1nccs1. The van der Waals surface area contributed by atoms with Crippen molar-refractivity contribution in [3.63, 3.8) is 0 Å². The van der Waals surface area contributed by atoms with E-state index >= 15 is 0 Å². The summed E-state index contributed by atoms with van der Waals surface area (Å²) in [5.41, 5.74) is 1.06. The molecule has 1 N–H and O–H groups in total. The van der Waals surface area contributed by atoms with E-state index in [2.05, 4.69) is 15.3 Å². The summed E-state index contributed by atoms with van der Waals surface area (Å²) < 4.78 is 5.17. The van der Waals surface area contributed by atoms with Gasteiger partial charge in [-0.2, -0.15) is 0 Å². The number of hydrogen-bond donors (Lipinski definition) is 1. The minimum Gasteiger partial charge on any atom is -0.481 e. The predicted molar refractivity (Wildman–Crippen MR) is 63.4 cm³/mol. The molecule has 0 aliphatic carbocycles. The number of hydrogen-bond acceptors (Lipinski definition) is 5. The minimum atomic E-state index is 0.675. The average molecular weight is 235 g/mol. The van der Waals surface area contributed by atoms with Crippen molar-refractivity contribution in [2.45, 2.75) is 13.1 Å². The molecule has 16 heavy (non-hydrogen) atoms. The average Bonchev–Trinajstić information content (AvgIpc) is 2.83. The Morgan fingerprint density at radius 2 is 2.25 bits per heavy atom. The number of rotatable bonds is 5. The zero-order valence-corrected chi connectivity index (χ0v) is 9.83. The second-order valence-corrected chi connectivity index (χ2v) is 4.18. The first kappa shape index (κ1) is 11.0. The molecule has 0 spiro atoms. The highest BCUT2D eigenvalue weighted by atomic mass is 32.1. The summed E-state index contributed by atoms with van der Waals surface area (Å²) in [4.78, 5) is 8.34. The van der Waals surface area contributed by atoms with E-state index in [9.17, 15) is 0 Å². The number of nitrogens with zero attached hydrogens (tertiary/aromatic N) is 2. The largest absolute Gasteiger partial charge is 0.481 e. The number of aromatic nitrogens is 2. The van der Waals surface area contributed by atoms with Crippen molar-refractivity contribution in [3.05, 3.63) is 40.5 Å². The van der Waals surface area contributed by atoms with Crippen LogP contribution < -0.4 is 10.1 Å². The van der Waals surface area contributed by atoms with Crippen molar-refractivity contribution in [1.82, 2.24) is 15.3 Å². The molecule has 0 saturated heterocycles. The summed E-state index contributed by atoms with van der Waals surface area (Å²) in [5.74, 6) is 0.675. The van der Waals surface area contributed by atoms with Crippen LogP contribution in [0.25, 0.3) is 0 Å². The molecule has 0 unspecified atom stereocenters. The monoisotopic (exact) mass is 235 g/mol. The number of ether oxygens (including phenoxy) is 1. The van der Waals surface area contributed by atoms with Crippen LogP contribution in [0.2, 0.25) is 0 Å². The molecule has 0 fully saturated rings. The molecule has 0 aliphatic rings. The van der Waals surface area contributed by atoms with Crippen molar-refractivity contribution >= 4 is 11.3 Å². The van der Waals surface area contributed by atoms with Crippen molar-refractivity contribution in [1.29, 1.82) is 0 Å². The number of nitrogens with one attached hydrogen (secondary N) is 1. The van der Waals surface area contributed by atoms with Crippen LogP contribution in [-0.4, -0.2) is 17.1 Å². The van der Waals surface area contributed by atoms with Crippen LogP contribution in [0.4, 0.5) is 0 Å². The highest BCUT2D eigenvalue weighted by molar-refractivity contribution is 7.09. The van der Waals surface area contributed by atoms with Crippen molar-refractivity contribution in [3.8, 4) is 5.88 Å². The van der Waals surface area contributed by atoms with Gasteiger partial charge in [0.25, 0.3) is 0 Å². The van der Waals surface area contributed by atoms with Gasteiger partial charge in [-0.3, -0.25) is 0 Å². The van der Waals surface area contributed by atoms with Gasteiger partial charge in [0, 0.05) is 36.4 Å². The maximum absolute atomic E-state index is 5.17. The van der Waals surface area contributed by atoms with Gasteiger partial charge < -0.3 is 10.1 Å². The van der Waals surface area contributed by atoms with E-state index in [1.807, 2.05) is 23.7 Å². The van der Waals surface area contributed by atoms with Gasteiger partial charge in [0.15, 0.2) is 0 Å². The van der Waals surface area contributed by atoms with Crippen molar-refractivity contribution in [2.75, 3.05) is 7.11 Å². The van der Waals surface area contributed by atoms with Gasteiger partial charge in [-0.25, -0.2) is 9.97 Å². The molecule has 84 valence electrons. The molecule has 2 aromatic rings. The Balaban J connectivity index is 1.89. The molecular weight excluding hydrogens is 222 g/mol. The molecule has 0 bridgehead atoms. The number of thiazole rings is 1. The molecule has 4 nitrogen and oxygen atoms in total. The summed E-state index contributed by atoms with van der Waals surface area (Å²) in [7, 11) is 1.63. The Morgan fingerprint density at radius 3 is 3.00 bits per heavy atom. The Morgan fingerprint density at radius 1 is 1.31 bits per heavy atom. The van der Waals surface area contributed by atoms with Gasteiger partial charge in [-0.15, -0.1) is 11.3 Å². The molecule has 0 aliphatic heterocycles. The fraction of sp³-hybridized carbons (Fsp3) is 0.273. The molecule has 0 atom stereocenters. The van der Waals surface area contributed by atoms with E-state index < -0.39 is 0 Å². The predicted octanol–water partition coefficient (Wildman–Crippen LogP) is 1.84. The first-order valence-electron chi connectivity index (χ1n) is 4.97. The van der Waals surface area contributed by atoms with Crippen LogP contribution in [0.15, 0.2) is 29.9 Å². The Bertz CT molecular complexity index is 431. The molecule has 2 aromatic heterocycles. The normalized spacial score (nSPS) is 10.3. The van der Waals surface area contributed by atoms with Crippen LogP contribution in [0.1, 0.15) is 10.6 Å². The third-order valence-corrected chi connectivity index (χ3v) is 2.90. The number of methoxy groups -OCH3 is 1. The Kier molecular flexibility index (Phi) is 3.85. The fourth-order valence-electron chi connectivity index (χ4n) is 1.39. The lowest BCUT2D eigenvalue weighted by molar-refractivity contribution is 0.390. The third-order valence-electron chi connectivity index (χ3n) is 2.12. The molecule has 0 saturated carbocycles. The quantitative estimate of drug-likeness (QED) is 0.859. The lowest BCUT2D eigenvalue weighted by Gasteiger charge is -2.07. The van der Waals surface area contributed by atoms with Crippen LogP contribution in [0, 0.1) is 0 Å². The summed E-state index contributed by atoms with van der Waals surface area (Å²) in [6.07, 6.45) is 3.54. The van der Waals surface area contributed by atoms with E-state index in [0.717, 1.165) is 23.7 Å². The molecule has 0 amide bonds. The Hall–Kier alpha value is -1.46. The maximum Gasteiger partial charge on any atom is 0.217 e. The zero-order valence-electron chi connectivity index (χ0n) is 9.01. The van der Waals surface area contributed by atoms with Gasteiger partial charge in [0.1, 0.15) is 5.01 Å². The van der Waals surface area contributed by atoms with Gasteiger partial charge in [0.2, 0.25) is 5.88 Å². The van der Waals surface area contributed by atoms with Gasteiger partial charge in [-0.05, 0) is 6.07 Å². The van der Waals surface area contributed by atoms with E-state index in [1.54, 1.807) is 24.6 Å². The lowest BCUT2D eigenvalue weighted by Crippen LogP contribution is -2.13. The minimum absolute atomic E-state index is 0.675. The third kappa shape index (κ3) is 2.77. The van der Waals surface area contributed by atoms with E-state index in [1.165, 1.54) is 0 Å². The molecule has 2 heterocycles. The molecule has 2 rings (SSSR count). The van der Waals surface area contributed by atoms with Crippen LogP contribution >= 0.6 is 11.3 Å². The maximum atomic E-state index is 5.17. The Labute approximate surface area is 98.3 Å². The lowest BCUT2D eigenvalue weighted by atomic mass is 10.2. The molecule has 0 aromatic carbocycles. The zero-order chi connectivity index (χ0) is 11.2. The van der Waals surface area contributed by atoms with E-state index in [0.29, 0.717) is 5.88 Å². The van der Waals surface area contributed by atoms with Crippen molar-refractivity contribution in [2.24, 2.45) is 0 Å². The smallest absolute Gasteiger partial charge is 0.217 e.